The average Bonchev–Trinajstić information content (AvgIpc) is 3.15. The van der Waals surface area contributed by atoms with Crippen molar-refractivity contribution in [2.75, 3.05) is 13.2 Å². The number of hydrogen-bond donors (Lipinski definition) is 0. The van der Waals surface area contributed by atoms with E-state index in [4.69, 9.17) is 14.2 Å². The first-order valence-electron chi connectivity index (χ1n) is 20.4. The largest absolute Gasteiger partial charge is 0.462 e. The van der Waals surface area contributed by atoms with Crippen molar-refractivity contribution in [3.8, 4) is 0 Å². The molecule has 0 aliphatic heterocycles. The first kappa shape index (κ1) is 49.1. The van der Waals surface area contributed by atoms with Gasteiger partial charge in [-0.2, -0.15) is 0 Å². The zero-order valence-corrected chi connectivity index (χ0v) is 33.5. The topological polar surface area (TPSA) is 78.9 Å². The number of allylic oxidation sites excluding steroid dienone is 17. The Bertz CT molecular complexity index is 1160. The third-order valence-electron chi connectivity index (χ3n) is 7.79. The van der Waals surface area contributed by atoms with Gasteiger partial charge in [-0.3, -0.25) is 14.4 Å². The second kappa shape index (κ2) is 40.8. The summed E-state index contributed by atoms with van der Waals surface area (Å²) in [6, 6.07) is 0. The molecule has 1 unspecified atom stereocenters. The van der Waals surface area contributed by atoms with Gasteiger partial charge < -0.3 is 14.2 Å². The van der Waals surface area contributed by atoms with Crippen LogP contribution in [0.25, 0.3) is 0 Å². The fourth-order valence-corrected chi connectivity index (χ4v) is 4.82. The summed E-state index contributed by atoms with van der Waals surface area (Å²) >= 11 is 0. The lowest BCUT2D eigenvalue weighted by molar-refractivity contribution is -0.166. The fraction of sp³-hybridized carbons (Fsp3) is 0.553. The molecule has 6 heteroatoms. The van der Waals surface area contributed by atoms with Crippen LogP contribution in [-0.4, -0.2) is 37.2 Å². The van der Waals surface area contributed by atoms with E-state index in [1.54, 1.807) is 6.08 Å². The molecule has 0 N–H and O–H groups in total. The van der Waals surface area contributed by atoms with Gasteiger partial charge >= 0.3 is 17.9 Å². The Balaban J connectivity index is 4.57. The molecule has 6 nitrogen and oxygen atoms in total. The zero-order chi connectivity index (χ0) is 38.7. The Kier molecular flexibility index (Phi) is 37.8. The predicted octanol–water partition coefficient (Wildman–Crippen LogP) is 12.9. The molecule has 0 aliphatic carbocycles. The summed E-state index contributed by atoms with van der Waals surface area (Å²) in [5, 5.41) is 0. The van der Waals surface area contributed by atoms with E-state index in [9.17, 15) is 14.4 Å². The highest BCUT2D eigenvalue weighted by atomic mass is 16.6. The molecule has 296 valence electrons. The average molecular weight is 733 g/mol. The van der Waals surface area contributed by atoms with Crippen LogP contribution >= 0.6 is 0 Å². The summed E-state index contributed by atoms with van der Waals surface area (Å²) in [6.07, 6.45) is 54.0. The van der Waals surface area contributed by atoms with Crippen LogP contribution in [0.3, 0.4) is 0 Å². The maximum absolute atomic E-state index is 12.6. The minimum Gasteiger partial charge on any atom is -0.462 e. The molecule has 0 aliphatic rings. The van der Waals surface area contributed by atoms with Gasteiger partial charge in [0.05, 0.1) is 6.42 Å². The molecular weight excluding hydrogens is 661 g/mol. The molecule has 0 heterocycles. The van der Waals surface area contributed by atoms with Crippen LogP contribution in [0.15, 0.2) is 109 Å². The van der Waals surface area contributed by atoms with E-state index >= 15 is 0 Å². The Morgan fingerprint density at radius 3 is 1.25 bits per heavy atom. The highest BCUT2D eigenvalue weighted by molar-refractivity contribution is 5.72. The van der Waals surface area contributed by atoms with E-state index < -0.39 is 12.1 Å². The van der Waals surface area contributed by atoms with Crippen LogP contribution in [0.4, 0.5) is 0 Å². The fourth-order valence-electron chi connectivity index (χ4n) is 4.82. The number of unbranched alkanes of at least 4 members (excludes halogenated alkanes) is 6. The third-order valence-corrected chi connectivity index (χ3v) is 7.79. The standard InChI is InChI=1S/C47H72O6/c1-4-7-10-13-16-19-21-23-24-26-28-31-34-37-40-46(49)52-43-44(42-51-45(48)39-36-33-30-27-18-15-12-9-6-3)53-47(50)41-38-35-32-29-25-22-20-17-14-11-8-5-2/h7-12,16-20,23-25,27,29,33,36,44H,4-6,13-15,21-22,26,28,30-32,34-35,37-43H2,1-3H3/b10-7-,11-8-,12-9-,19-16-,20-17-,24-23-,27-18-,29-25-,36-33-. The second-order valence-corrected chi connectivity index (χ2v) is 12.8. The summed E-state index contributed by atoms with van der Waals surface area (Å²) in [6.45, 7) is 6.08. The lowest BCUT2D eigenvalue weighted by Crippen LogP contribution is -2.30. The Labute approximate surface area is 323 Å². The van der Waals surface area contributed by atoms with Gasteiger partial charge in [-0.05, 0) is 96.3 Å². The first-order chi connectivity index (χ1) is 26.0. The maximum Gasteiger partial charge on any atom is 0.309 e. The minimum absolute atomic E-state index is 0.118. The van der Waals surface area contributed by atoms with E-state index in [0.717, 1.165) is 103 Å². The summed E-state index contributed by atoms with van der Waals surface area (Å²) in [5.41, 5.74) is 0. The van der Waals surface area contributed by atoms with Crippen molar-refractivity contribution in [2.45, 2.75) is 155 Å². The molecule has 53 heavy (non-hydrogen) atoms. The third kappa shape index (κ3) is 39.1. The monoisotopic (exact) mass is 733 g/mol. The SMILES string of the molecule is CC/C=C\C/C=C\C/C=C\CCCCCCC(=O)OCC(COC(=O)C/C=C\C/C=C\C/C=C\CC)OC(=O)CCCC/C=C\C/C=C\C/C=C\CC. The minimum atomic E-state index is -0.841. The molecule has 0 radical (unpaired) electrons. The van der Waals surface area contributed by atoms with E-state index in [-0.39, 0.29) is 38.0 Å². The van der Waals surface area contributed by atoms with Crippen LogP contribution in [0.5, 0.6) is 0 Å². The summed E-state index contributed by atoms with van der Waals surface area (Å²) in [7, 11) is 0. The molecule has 0 aromatic carbocycles. The van der Waals surface area contributed by atoms with Crippen molar-refractivity contribution >= 4 is 17.9 Å². The van der Waals surface area contributed by atoms with Gasteiger partial charge in [0.2, 0.25) is 0 Å². The van der Waals surface area contributed by atoms with Crippen LogP contribution in [0.2, 0.25) is 0 Å². The van der Waals surface area contributed by atoms with E-state index in [1.165, 1.54) is 0 Å². The number of rotatable bonds is 34. The van der Waals surface area contributed by atoms with Gasteiger partial charge in [0.25, 0.3) is 0 Å². The predicted molar refractivity (Wildman–Crippen MR) is 223 cm³/mol. The molecule has 1 atom stereocenters. The number of ether oxygens (including phenoxy) is 3. The van der Waals surface area contributed by atoms with Crippen LogP contribution in [0, 0.1) is 0 Å². The zero-order valence-electron chi connectivity index (χ0n) is 33.5. The van der Waals surface area contributed by atoms with E-state index in [2.05, 4.69) is 118 Å². The Morgan fingerprint density at radius 1 is 0.396 bits per heavy atom. The van der Waals surface area contributed by atoms with Gasteiger partial charge in [-0.25, -0.2) is 0 Å². The smallest absolute Gasteiger partial charge is 0.309 e. The number of esters is 3. The number of carbonyl (C=O) groups is 3. The van der Waals surface area contributed by atoms with Gasteiger partial charge in [-0.1, -0.05) is 143 Å². The first-order valence-corrected chi connectivity index (χ1v) is 20.4. The van der Waals surface area contributed by atoms with Crippen molar-refractivity contribution in [2.24, 2.45) is 0 Å². The summed E-state index contributed by atoms with van der Waals surface area (Å²) in [5.74, 6) is -1.14. The van der Waals surface area contributed by atoms with Gasteiger partial charge in [-0.15, -0.1) is 0 Å². The van der Waals surface area contributed by atoms with Gasteiger partial charge in [0, 0.05) is 12.8 Å². The maximum atomic E-state index is 12.6. The molecule has 0 aromatic rings. The Morgan fingerprint density at radius 2 is 0.755 bits per heavy atom. The summed E-state index contributed by atoms with van der Waals surface area (Å²) in [4.78, 5) is 37.5. The second-order valence-electron chi connectivity index (χ2n) is 12.8. The van der Waals surface area contributed by atoms with Crippen LogP contribution in [-0.2, 0) is 28.6 Å². The molecule has 0 fully saturated rings. The number of carbonyl (C=O) groups excluding carboxylic acids is 3. The molecule has 0 amide bonds. The lowest BCUT2D eigenvalue weighted by atomic mass is 10.1. The van der Waals surface area contributed by atoms with Crippen LogP contribution < -0.4 is 0 Å². The highest BCUT2D eigenvalue weighted by Crippen LogP contribution is 2.10. The normalized spacial score (nSPS) is 13.2. The summed E-state index contributed by atoms with van der Waals surface area (Å²) < 4.78 is 16.5. The van der Waals surface area contributed by atoms with Gasteiger partial charge in [0.15, 0.2) is 6.10 Å². The highest BCUT2D eigenvalue weighted by Gasteiger charge is 2.19. The molecular formula is C47H72O6. The van der Waals surface area contributed by atoms with E-state index in [1.807, 2.05) is 6.08 Å². The quantitative estimate of drug-likeness (QED) is 0.0284. The molecule has 0 saturated heterocycles. The number of hydrogen-bond acceptors (Lipinski definition) is 6. The molecule has 0 rings (SSSR count). The van der Waals surface area contributed by atoms with Crippen molar-refractivity contribution in [3.05, 3.63) is 109 Å². The van der Waals surface area contributed by atoms with Crippen LogP contribution in [0.1, 0.15) is 149 Å². The molecule has 0 bridgehead atoms. The van der Waals surface area contributed by atoms with Crippen molar-refractivity contribution < 1.29 is 28.6 Å². The lowest BCUT2D eigenvalue weighted by Gasteiger charge is -2.18. The van der Waals surface area contributed by atoms with Crippen molar-refractivity contribution in [1.82, 2.24) is 0 Å². The van der Waals surface area contributed by atoms with Crippen molar-refractivity contribution in [3.63, 3.8) is 0 Å². The van der Waals surface area contributed by atoms with Crippen molar-refractivity contribution in [1.29, 1.82) is 0 Å². The molecule has 0 saturated carbocycles. The molecule has 0 spiro atoms. The molecule has 0 aromatic heterocycles. The van der Waals surface area contributed by atoms with Gasteiger partial charge in [0.1, 0.15) is 13.2 Å². The Hall–Kier alpha value is -3.93. The van der Waals surface area contributed by atoms with E-state index in [0.29, 0.717) is 12.8 Å².